The van der Waals surface area contributed by atoms with Crippen LogP contribution in [0.2, 0.25) is 0 Å². The maximum Gasteiger partial charge on any atom is 0.171 e. The van der Waals surface area contributed by atoms with E-state index in [0.29, 0.717) is 0 Å². The van der Waals surface area contributed by atoms with E-state index in [1.54, 1.807) is 0 Å². The van der Waals surface area contributed by atoms with Crippen molar-refractivity contribution < 1.29 is 4.57 Å². The van der Waals surface area contributed by atoms with Crippen LogP contribution in [0.1, 0.15) is 0 Å². The zero-order valence-corrected chi connectivity index (χ0v) is 16.6. The molecule has 4 aromatic carbocycles. The highest BCUT2D eigenvalue weighted by atomic mass is 31.2. The van der Waals surface area contributed by atoms with Gasteiger partial charge in [-0.15, -0.1) is 0 Å². The van der Waals surface area contributed by atoms with Crippen molar-refractivity contribution in [1.29, 1.82) is 0 Å². The van der Waals surface area contributed by atoms with Crippen molar-refractivity contribution in [3.05, 3.63) is 109 Å². The van der Waals surface area contributed by atoms with Crippen LogP contribution in [-0.4, -0.2) is 9.97 Å². The number of H-pyrrole nitrogens is 1. The first-order valence-electron chi connectivity index (χ1n) is 9.52. The van der Waals surface area contributed by atoms with Gasteiger partial charge >= 0.3 is 0 Å². The molecule has 0 saturated carbocycles. The molecule has 0 saturated heterocycles. The standard InChI is InChI=1S/C25H19N2OP/c28-29(20-9-3-1-4-10-20,21-11-5-2-6-12-21)22-17-15-19(16-18-22)25-26-23-13-7-8-14-24(23)27-25/h1-18H,(H,26,27). The van der Waals surface area contributed by atoms with Gasteiger partial charge in [-0.1, -0.05) is 97.1 Å². The number of hydrogen-bond donors (Lipinski definition) is 1. The first-order valence-corrected chi connectivity index (χ1v) is 11.2. The van der Waals surface area contributed by atoms with Crippen molar-refractivity contribution in [2.45, 2.75) is 0 Å². The van der Waals surface area contributed by atoms with Crippen molar-refractivity contribution in [1.82, 2.24) is 9.97 Å². The summed E-state index contributed by atoms with van der Waals surface area (Å²) in [5.41, 5.74) is 2.91. The lowest BCUT2D eigenvalue weighted by atomic mass is 10.2. The minimum absolute atomic E-state index is 0.812. The third-order valence-corrected chi connectivity index (χ3v) is 8.21. The molecule has 1 heterocycles. The fourth-order valence-electron chi connectivity index (χ4n) is 3.64. The largest absolute Gasteiger partial charge is 0.338 e. The van der Waals surface area contributed by atoms with E-state index in [1.807, 2.05) is 109 Å². The Balaban J connectivity index is 1.61. The molecule has 0 bridgehead atoms. The summed E-state index contributed by atoms with van der Waals surface area (Å²) in [6, 6.07) is 35.3. The predicted octanol–water partition coefficient (Wildman–Crippen LogP) is 4.87. The first-order chi connectivity index (χ1) is 14.2. The lowest BCUT2D eigenvalue weighted by Crippen LogP contribution is -2.24. The van der Waals surface area contributed by atoms with Gasteiger partial charge in [0.1, 0.15) is 5.82 Å². The molecule has 0 aliphatic carbocycles. The number of para-hydroxylation sites is 2. The Morgan fingerprint density at radius 2 is 1.10 bits per heavy atom. The summed E-state index contributed by atoms with van der Waals surface area (Å²) in [7, 11) is -2.95. The van der Waals surface area contributed by atoms with Crippen LogP contribution in [-0.2, 0) is 4.57 Å². The Kier molecular flexibility index (Phi) is 4.38. The van der Waals surface area contributed by atoms with Crippen molar-refractivity contribution in [3.63, 3.8) is 0 Å². The third kappa shape index (κ3) is 3.10. The molecule has 0 atom stereocenters. The Morgan fingerprint density at radius 3 is 1.69 bits per heavy atom. The van der Waals surface area contributed by atoms with Gasteiger partial charge in [-0.25, -0.2) is 4.98 Å². The number of hydrogen-bond acceptors (Lipinski definition) is 2. The average molecular weight is 394 g/mol. The summed E-state index contributed by atoms with van der Waals surface area (Å²) in [6.45, 7) is 0. The van der Waals surface area contributed by atoms with Gasteiger partial charge in [0.25, 0.3) is 0 Å². The van der Waals surface area contributed by atoms with Crippen molar-refractivity contribution in [2.24, 2.45) is 0 Å². The monoisotopic (exact) mass is 394 g/mol. The van der Waals surface area contributed by atoms with E-state index in [4.69, 9.17) is 0 Å². The Labute approximate surface area is 169 Å². The number of nitrogens with one attached hydrogen (secondary N) is 1. The lowest BCUT2D eigenvalue weighted by molar-refractivity contribution is 0.592. The molecule has 0 spiro atoms. The second-order valence-electron chi connectivity index (χ2n) is 6.93. The summed E-state index contributed by atoms with van der Waals surface area (Å²) in [6.07, 6.45) is 0. The van der Waals surface area contributed by atoms with E-state index >= 15 is 0 Å². The molecular weight excluding hydrogens is 375 g/mol. The molecule has 0 fully saturated rings. The zero-order valence-electron chi connectivity index (χ0n) is 15.7. The van der Waals surface area contributed by atoms with Crippen LogP contribution < -0.4 is 15.9 Å². The maximum absolute atomic E-state index is 14.4. The SMILES string of the molecule is O=P(c1ccccc1)(c1ccccc1)c1ccc(-c2nc3ccccc3[nH]2)cc1. The van der Waals surface area contributed by atoms with Crippen LogP contribution in [0.3, 0.4) is 0 Å². The topological polar surface area (TPSA) is 45.8 Å². The van der Waals surface area contributed by atoms with E-state index in [-0.39, 0.29) is 0 Å². The van der Waals surface area contributed by atoms with E-state index in [9.17, 15) is 4.57 Å². The number of benzene rings is 4. The van der Waals surface area contributed by atoms with Crippen LogP contribution in [0.4, 0.5) is 0 Å². The Bertz CT molecular complexity index is 1230. The Hall–Kier alpha value is -3.42. The molecule has 29 heavy (non-hydrogen) atoms. The van der Waals surface area contributed by atoms with E-state index in [0.717, 1.165) is 38.3 Å². The second kappa shape index (κ2) is 7.20. The molecule has 3 nitrogen and oxygen atoms in total. The summed E-state index contributed by atoms with van der Waals surface area (Å²) < 4.78 is 14.4. The summed E-state index contributed by atoms with van der Waals surface area (Å²) >= 11 is 0. The summed E-state index contributed by atoms with van der Waals surface area (Å²) in [5, 5.41) is 2.49. The van der Waals surface area contributed by atoms with Gasteiger partial charge in [0.15, 0.2) is 7.14 Å². The highest BCUT2D eigenvalue weighted by molar-refractivity contribution is 7.85. The zero-order chi connectivity index (χ0) is 19.7. The number of aromatic nitrogens is 2. The number of rotatable bonds is 4. The van der Waals surface area contributed by atoms with Crippen LogP contribution >= 0.6 is 7.14 Å². The third-order valence-electron chi connectivity index (χ3n) is 5.13. The van der Waals surface area contributed by atoms with Crippen LogP contribution in [0.25, 0.3) is 22.4 Å². The maximum atomic E-state index is 14.4. The number of imidazole rings is 1. The summed E-state index contributed by atoms with van der Waals surface area (Å²) in [5.74, 6) is 0.812. The molecule has 0 unspecified atom stereocenters. The summed E-state index contributed by atoms with van der Waals surface area (Å²) in [4.78, 5) is 8.02. The van der Waals surface area contributed by atoms with Crippen LogP contribution in [0, 0.1) is 0 Å². The van der Waals surface area contributed by atoms with Crippen LogP contribution in [0.15, 0.2) is 109 Å². The van der Waals surface area contributed by atoms with Gasteiger partial charge in [0, 0.05) is 21.5 Å². The van der Waals surface area contributed by atoms with Gasteiger partial charge in [0.05, 0.1) is 11.0 Å². The quantitative estimate of drug-likeness (QED) is 0.442. The van der Waals surface area contributed by atoms with E-state index in [2.05, 4.69) is 9.97 Å². The average Bonchev–Trinajstić information content (AvgIpc) is 3.24. The van der Waals surface area contributed by atoms with Crippen molar-refractivity contribution in [2.75, 3.05) is 0 Å². The highest BCUT2D eigenvalue weighted by Crippen LogP contribution is 2.42. The molecule has 0 aliphatic heterocycles. The fraction of sp³-hybridized carbons (Fsp3) is 0. The molecule has 1 N–H and O–H groups in total. The van der Waals surface area contributed by atoms with Crippen molar-refractivity contribution >= 4 is 34.1 Å². The molecule has 0 amide bonds. The minimum Gasteiger partial charge on any atom is -0.338 e. The molecule has 5 aromatic rings. The molecule has 4 heteroatoms. The minimum atomic E-state index is -2.95. The fourth-order valence-corrected chi connectivity index (χ4v) is 6.29. The van der Waals surface area contributed by atoms with Crippen LogP contribution in [0.5, 0.6) is 0 Å². The smallest absolute Gasteiger partial charge is 0.171 e. The number of fused-ring (bicyclic) bond motifs is 1. The lowest BCUT2D eigenvalue weighted by Gasteiger charge is -2.20. The van der Waals surface area contributed by atoms with Gasteiger partial charge in [-0.2, -0.15) is 0 Å². The van der Waals surface area contributed by atoms with Gasteiger partial charge in [-0.05, 0) is 12.1 Å². The van der Waals surface area contributed by atoms with Gasteiger partial charge < -0.3 is 9.55 Å². The normalized spacial score (nSPS) is 11.6. The molecule has 0 aliphatic rings. The van der Waals surface area contributed by atoms with E-state index < -0.39 is 7.14 Å². The van der Waals surface area contributed by atoms with Gasteiger partial charge in [0.2, 0.25) is 0 Å². The molecule has 0 radical (unpaired) electrons. The first kappa shape index (κ1) is 17.7. The van der Waals surface area contributed by atoms with Gasteiger partial charge in [-0.3, -0.25) is 0 Å². The molecule has 5 rings (SSSR count). The second-order valence-corrected chi connectivity index (χ2v) is 9.70. The highest BCUT2D eigenvalue weighted by Gasteiger charge is 2.29. The number of nitrogens with zero attached hydrogens (tertiary/aromatic N) is 1. The molecule has 1 aromatic heterocycles. The Morgan fingerprint density at radius 1 is 0.586 bits per heavy atom. The van der Waals surface area contributed by atoms with Crippen molar-refractivity contribution in [3.8, 4) is 11.4 Å². The number of aromatic amines is 1. The van der Waals surface area contributed by atoms with E-state index in [1.165, 1.54) is 0 Å². The molecular formula is C25H19N2OP. The molecule has 140 valence electrons. The predicted molar refractivity (Wildman–Crippen MR) is 121 cm³/mol.